The maximum Gasteiger partial charge on any atom is 0.344 e. The fourth-order valence-corrected chi connectivity index (χ4v) is 1.96. The zero-order valence-electron chi connectivity index (χ0n) is 9.71. The fourth-order valence-electron chi connectivity index (χ4n) is 1.96. The fraction of sp³-hybridized carbons (Fsp3) is 0.231. The van der Waals surface area contributed by atoms with Crippen molar-refractivity contribution in [2.75, 3.05) is 0 Å². The van der Waals surface area contributed by atoms with Crippen LogP contribution in [0.2, 0.25) is 0 Å². The summed E-state index contributed by atoms with van der Waals surface area (Å²) in [4.78, 5) is 22.8. The minimum Gasteiger partial charge on any atom is -0.507 e. The first-order valence-electron chi connectivity index (χ1n) is 5.53. The molecule has 0 aliphatic carbocycles. The van der Waals surface area contributed by atoms with Crippen LogP contribution in [0.25, 0.3) is 11.0 Å². The number of carboxylic acids is 1. The molecule has 0 radical (unpaired) electrons. The van der Waals surface area contributed by atoms with Crippen molar-refractivity contribution in [3.63, 3.8) is 0 Å². The molecule has 94 valence electrons. The zero-order valence-corrected chi connectivity index (χ0v) is 9.71. The number of benzene rings is 1. The van der Waals surface area contributed by atoms with Crippen LogP contribution >= 0.6 is 0 Å². The third-order valence-electron chi connectivity index (χ3n) is 2.87. The average molecular weight is 248 g/mol. The lowest BCUT2D eigenvalue weighted by atomic mass is 9.96. The normalized spacial score (nSPS) is 12.5. The minimum absolute atomic E-state index is 0.191. The molecular formula is C13H12O5. The van der Waals surface area contributed by atoms with Gasteiger partial charge >= 0.3 is 11.6 Å². The van der Waals surface area contributed by atoms with Gasteiger partial charge in [0.25, 0.3) is 0 Å². The smallest absolute Gasteiger partial charge is 0.344 e. The van der Waals surface area contributed by atoms with Gasteiger partial charge in [0.2, 0.25) is 0 Å². The van der Waals surface area contributed by atoms with Crippen molar-refractivity contribution >= 4 is 16.9 Å². The molecule has 0 aliphatic rings. The molecule has 18 heavy (non-hydrogen) atoms. The monoisotopic (exact) mass is 248 g/mol. The lowest BCUT2D eigenvalue weighted by Crippen LogP contribution is -2.19. The summed E-state index contributed by atoms with van der Waals surface area (Å²) in [6.07, 6.45) is 0.200. The highest BCUT2D eigenvalue weighted by molar-refractivity contribution is 5.87. The van der Waals surface area contributed by atoms with Crippen LogP contribution in [-0.4, -0.2) is 16.2 Å². The Hall–Kier alpha value is -2.30. The number of carboxylic acid groups (broad SMARTS) is 1. The van der Waals surface area contributed by atoms with E-state index in [0.717, 1.165) is 0 Å². The van der Waals surface area contributed by atoms with E-state index in [0.29, 0.717) is 5.39 Å². The molecule has 1 aromatic carbocycles. The summed E-state index contributed by atoms with van der Waals surface area (Å²) in [7, 11) is 0. The largest absolute Gasteiger partial charge is 0.507 e. The van der Waals surface area contributed by atoms with Crippen LogP contribution in [0.3, 0.4) is 0 Å². The lowest BCUT2D eigenvalue weighted by molar-refractivity contribution is -0.139. The van der Waals surface area contributed by atoms with Crippen molar-refractivity contribution in [2.45, 2.75) is 19.3 Å². The van der Waals surface area contributed by atoms with Crippen molar-refractivity contribution < 1.29 is 19.4 Å². The van der Waals surface area contributed by atoms with Gasteiger partial charge in [0.1, 0.15) is 11.3 Å². The first-order chi connectivity index (χ1) is 8.56. The van der Waals surface area contributed by atoms with Gasteiger partial charge in [-0.05, 0) is 18.6 Å². The van der Waals surface area contributed by atoms with E-state index in [2.05, 4.69) is 0 Å². The molecule has 2 rings (SSSR count). The molecule has 1 unspecified atom stereocenters. The molecule has 0 saturated heterocycles. The molecule has 0 aliphatic heterocycles. The number of aliphatic carboxylic acids is 1. The van der Waals surface area contributed by atoms with Crippen LogP contribution in [0.5, 0.6) is 5.75 Å². The summed E-state index contributed by atoms with van der Waals surface area (Å²) >= 11 is 0. The Labute approximate surface area is 102 Å². The van der Waals surface area contributed by atoms with Gasteiger partial charge in [-0.2, -0.15) is 0 Å². The number of rotatable bonds is 3. The van der Waals surface area contributed by atoms with Crippen molar-refractivity contribution in [3.05, 3.63) is 40.2 Å². The Kier molecular flexibility index (Phi) is 3.06. The van der Waals surface area contributed by atoms with E-state index in [9.17, 15) is 14.7 Å². The predicted molar refractivity (Wildman–Crippen MR) is 64.8 cm³/mol. The van der Waals surface area contributed by atoms with Crippen LogP contribution < -0.4 is 5.63 Å². The number of aromatic hydroxyl groups is 1. The van der Waals surface area contributed by atoms with E-state index in [1.165, 1.54) is 0 Å². The molecule has 5 heteroatoms. The molecule has 2 N–H and O–H groups in total. The summed E-state index contributed by atoms with van der Waals surface area (Å²) in [6, 6.07) is 6.46. The van der Waals surface area contributed by atoms with E-state index >= 15 is 0 Å². The summed E-state index contributed by atoms with van der Waals surface area (Å²) in [6.45, 7) is 1.63. The maximum atomic E-state index is 11.8. The van der Waals surface area contributed by atoms with Crippen LogP contribution in [0.4, 0.5) is 0 Å². The Morgan fingerprint density at radius 2 is 2.06 bits per heavy atom. The maximum absolute atomic E-state index is 11.8. The third-order valence-corrected chi connectivity index (χ3v) is 2.87. The number of para-hydroxylation sites is 1. The molecule has 0 saturated carbocycles. The molecule has 1 aromatic heterocycles. The van der Waals surface area contributed by atoms with Gasteiger partial charge in [-0.3, -0.25) is 4.79 Å². The Bertz CT molecular complexity index is 656. The minimum atomic E-state index is -1.16. The first-order valence-corrected chi connectivity index (χ1v) is 5.53. The van der Waals surface area contributed by atoms with Crippen LogP contribution in [0.1, 0.15) is 24.8 Å². The quantitative estimate of drug-likeness (QED) is 0.812. The van der Waals surface area contributed by atoms with E-state index in [1.54, 1.807) is 31.2 Å². The van der Waals surface area contributed by atoms with Crippen molar-refractivity contribution in [1.82, 2.24) is 0 Å². The van der Waals surface area contributed by atoms with Crippen LogP contribution in [0.15, 0.2) is 33.5 Å². The number of fused-ring (bicyclic) bond motifs is 1. The molecule has 0 bridgehead atoms. The molecular weight excluding hydrogens is 236 g/mol. The lowest BCUT2D eigenvalue weighted by Gasteiger charge is -2.11. The second-order valence-corrected chi connectivity index (χ2v) is 3.95. The molecule has 0 amide bonds. The highest BCUT2D eigenvalue weighted by Gasteiger charge is 2.27. The summed E-state index contributed by atoms with van der Waals surface area (Å²) in [5.41, 5.74) is -0.756. The average Bonchev–Trinajstić information content (AvgIpc) is 2.34. The van der Waals surface area contributed by atoms with Gasteiger partial charge in [0.05, 0.1) is 16.9 Å². The number of hydrogen-bond donors (Lipinski definition) is 2. The van der Waals surface area contributed by atoms with E-state index < -0.39 is 17.5 Å². The molecule has 2 aromatic rings. The second kappa shape index (κ2) is 4.52. The van der Waals surface area contributed by atoms with Crippen LogP contribution in [-0.2, 0) is 4.79 Å². The zero-order chi connectivity index (χ0) is 13.3. The molecule has 0 spiro atoms. The standard InChI is InChI=1S/C13H12O5/c1-2-7(12(15)16)10-11(14)8-5-3-4-6-9(8)18-13(10)17/h3-7,14H,2H2,1H3,(H,15,16). The summed E-state index contributed by atoms with van der Waals surface area (Å²) < 4.78 is 5.03. The van der Waals surface area contributed by atoms with E-state index in [4.69, 9.17) is 9.52 Å². The van der Waals surface area contributed by atoms with Crippen molar-refractivity contribution in [1.29, 1.82) is 0 Å². The highest BCUT2D eigenvalue weighted by Crippen LogP contribution is 2.32. The SMILES string of the molecule is CCC(C(=O)O)c1c(O)c2ccccc2oc1=O. The van der Waals surface area contributed by atoms with Crippen molar-refractivity contribution in [3.8, 4) is 5.75 Å². The molecule has 1 heterocycles. The van der Waals surface area contributed by atoms with E-state index in [1.807, 2.05) is 0 Å². The van der Waals surface area contributed by atoms with Gasteiger partial charge in [0.15, 0.2) is 0 Å². The van der Waals surface area contributed by atoms with Gasteiger partial charge in [0, 0.05) is 0 Å². The predicted octanol–water partition coefficient (Wildman–Crippen LogP) is 2.08. The second-order valence-electron chi connectivity index (χ2n) is 3.95. The van der Waals surface area contributed by atoms with Gasteiger partial charge in [-0.15, -0.1) is 0 Å². The topological polar surface area (TPSA) is 87.7 Å². The first kappa shape index (κ1) is 12.2. The van der Waals surface area contributed by atoms with E-state index in [-0.39, 0.29) is 23.3 Å². The van der Waals surface area contributed by atoms with Gasteiger partial charge in [-0.25, -0.2) is 4.79 Å². The molecule has 1 atom stereocenters. The third kappa shape index (κ3) is 1.84. The van der Waals surface area contributed by atoms with Crippen LogP contribution in [0, 0.1) is 0 Å². The molecule has 0 fully saturated rings. The number of hydrogen-bond acceptors (Lipinski definition) is 4. The Morgan fingerprint density at radius 1 is 1.39 bits per heavy atom. The Morgan fingerprint density at radius 3 is 2.67 bits per heavy atom. The Balaban J connectivity index is 2.79. The van der Waals surface area contributed by atoms with Gasteiger partial charge in [-0.1, -0.05) is 19.1 Å². The van der Waals surface area contributed by atoms with Gasteiger partial charge < -0.3 is 14.6 Å². The van der Waals surface area contributed by atoms with Crippen molar-refractivity contribution in [2.24, 2.45) is 0 Å². The highest BCUT2D eigenvalue weighted by atomic mass is 16.4. The summed E-state index contributed by atoms with van der Waals surface area (Å²) in [5.74, 6) is -2.53. The summed E-state index contributed by atoms with van der Waals surface area (Å²) in [5, 5.41) is 19.5. The molecule has 5 nitrogen and oxygen atoms in total. The number of carbonyl (C=O) groups is 1.